The number of nitrogens with one attached hydrogen (secondary N) is 1. The van der Waals surface area contributed by atoms with E-state index >= 15 is 4.39 Å². The van der Waals surface area contributed by atoms with E-state index in [4.69, 9.17) is 11.2 Å². The normalized spacial score (nSPS) is 23.7. The van der Waals surface area contributed by atoms with Crippen LogP contribution in [0, 0.1) is 24.0 Å². The molecule has 3 saturated heterocycles. The number of aromatic nitrogens is 3. The predicted molar refractivity (Wildman–Crippen MR) is 163 cm³/mol. The van der Waals surface area contributed by atoms with E-state index in [2.05, 4.69) is 31.1 Å². The lowest BCUT2D eigenvalue weighted by Gasteiger charge is -2.34. The first-order valence-corrected chi connectivity index (χ1v) is 14.9. The van der Waals surface area contributed by atoms with Crippen molar-refractivity contribution in [2.45, 2.75) is 37.0 Å². The molecule has 2 aromatic carbocycles. The highest BCUT2D eigenvalue weighted by atomic mass is 19.1. The van der Waals surface area contributed by atoms with E-state index in [-0.39, 0.29) is 57.5 Å². The molecule has 7 rings (SSSR count). The van der Waals surface area contributed by atoms with Crippen LogP contribution >= 0.6 is 0 Å². The molecule has 0 radical (unpaired) electrons. The van der Waals surface area contributed by atoms with Crippen LogP contribution in [0.4, 0.5) is 23.4 Å². The van der Waals surface area contributed by atoms with Gasteiger partial charge in [-0.3, -0.25) is 9.88 Å². The topological polar surface area (TPSA) is 86.6 Å². The van der Waals surface area contributed by atoms with Crippen molar-refractivity contribution in [3.05, 3.63) is 60.1 Å². The van der Waals surface area contributed by atoms with Gasteiger partial charge >= 0.3 is 6.01 Å². The SMILES string of the molecule is C#Cc1c(F)ccc2cc(O)cc(-c3ncc4c(N5CCNC(/C=C/F)C5)nc(OC[C@@]56CCCN5C[C@H](F)C6)nc4c3F)c12. The Balaban J connectivity index is 1.38. The Morgan fingerprint density at radius 2 is 2.07 bits per heavy atom. The molecule has 12 heteroatoms. The summed E-state index contributed by atoms with van der Waals surface area (Å²) >= 11 is 0. The first kappa shape index (κ1) is 29.3. The zero-order valence-electron chi connectivity index (χ0n) is 24.2. The van der Waals surface area contributed by atoms with Crippen molar-refractivity contribution in [2.75, 3.05) is 44.2 Å². The predicted octanol–water partition coefficient (Wildman–Crippen LogP) is 5.03. The molecule has 3 fully saturated rings. The Bertz CT molecular complexity index is 1880. The number of terminal acetylenes is 1. The number of fused-ring (bicyclic) bond motifs is 3. The minimum atomic E-state index is -0.954. The van der Waals surface area contributed by atoms with Crippen molar-refractivity contribution >= 4 is 27.5 Å². The van der Waals surface area contributed by atoms with Gasteiger partial charge in [0.1, 0.15) is 41.4 Å². The number of piperazine rings is 1. The fourth-order valence-corrected chi connectivity index (χ4v) is 7.10. The van der Waals surface area contributed by atoms with E-state index in [1.807, 2.05) is 4.90 Å². The molecule has 45 heavy (non-hydrogen) atoms. The number of aromatic hydroxyl groups is 1. The monoisotopic (exact) mass is 618 g/mol. The number of benzene rings is 2. The van der Waals surface area contributed by atoms with Gasteiger partial charge in [-0.15, -0.1) is 6.42 Å². The highest BCUT2D eigenvalue weighted by Gasteiger charge is 2.49. The van der Waals surface area contributed by atoms with E-state index in [1.54, 1.807) is 0 Å². The average Bonchev–Trinajstić information content (AvgIpc) is 3.56. The number of halogens is 4. The summed E-state index contributed by atoms with van der Waals surface area (Å²) in [4.78, 5) is 17.5. The lowest BCUT2D eigenvalue weighted by Crippen LogP contribution is -2.50. The van der Waals surface area contributed by atoms with Crippen LogP contribution < -0.4 is 15.0 Å². The third-order valence-electron chi connectivity index (χ3n) is 9.14. The minimum absolute atomic E-state index is 0.0907. The summed E-state index contributed by atoms with van der Waals surface area (Å²) in [6, 6.07) is 4.91. The van der Waals surface area contributed by atoms with Crippen LogP contribution in [-0.2, 0) is 0 Å². The Morgan fingerprint density at radius 3 is 2.89 bits per heavy atom. The second-order valence-electron chi connectivity index (χ2n) is 11.9. The average molecular weight is 619 g/mol. The Labute approximate surface area is 256 Å². The van der Waals surface area contributed by atoms with Crippen LogP contribution in [0.25, 0.3) is 32.9 Å². The largest absolute Gasteiger partial charge is 0.508 e. The highest BCUT2D eigenvalue weighted by Crippen LogP contribution is 2.41. The number of anilines is 1. The zero-order chi connectivity index (χ0) is 31.3. The molecule has 3 atom stereocenters. The lowest BCUT2D eigenvalue weighted by atomic mass is 9.95. The van der Waals surface area contributed by atoms with Gasteiger partial charge in [0.05, 0.1) is 22.8 Å². The number of hydrogen-bond acceptors (Lipinski definition) is 8. The van der Waals surface area contributed by atoms with Crippen molar-refractivity contribution < 1.29 is 27.4 Å². The molecule has 2 aromatic heterocycles. The van der Waals surface area contributed by atoms with E-state index in [0.717, 1.165) is 19.4 Å². The summed E-state index contributed by atoms with van der Waals surface area (Å²) in [6.45, 7) is 2.58. The number of phenolic OH excluding ortho intramolecular Hbond substituents is 1. The molecule has 4 aromatic rings. The summed E-state index contributed by atoms with van der Waals surface area (Å²) in [6.07, 6.45) is 10.00. The molecular weight excluding hydrogens is 588 g/mol. The van der Waals surface area contributed by atoms with Gasteiger partial charge in [-0.1, -0.05) is 12.0 Å². The first-order chi connectivity index (χ1) is 21.8. The minimum Gasteiger partial charge on any atom is -0.508 e. The molecule has 0 saturated carbocycles. The van der Waals surface area contributed by atoms with Crippen LogP contribution in [-0.4, -0.2) is 82.0 Å². The fraction of sp³-hybridized carbons (Fsp3) is 0.364. The maximum atomic E-state index is 16.7. The van der Waals surface area contributed by atoms with Crippen LogP contribution in [0.1, 0.15) is 24.8 Å². The van der Waals surface area contributed by atoms with Gasteiger partial charge in [0, 0.05) is 55.8 Å². The number of alkyl halides is 1. The number of nitrogens with zero attached hydrogens (tertiary/aromatic N) is 5. The smallest absolute Gasteiger partial charge is 0.319 e. The van der Waals surface area contributed by atoms with Crippen molar-refractivity contribution in [1.82, 2.24) is 25.2 Å². The molecule has 3 aliphatic heterocycles. The molecule has 2 N–H and O–H groups in total. The number of ether oxygens (including phenoxy) is 1. The fourth-order valence-electron chi connectivity index (χ4n) is 7.10. The van der Waals surface area contributed by atoms with E-state index in [1.165, 1.54) is 36.5 Å². The van der Waals surface area contributed by atoms with Gasteiger partial charge in [-0.05, 0) is 49.0 Å². The van der Waals surface area contributed by atoms with Crippen molar-refractivity contribution in [2.24, 2.45) is 0 Å². The summed E-state index contributed by atoms with van der Waals surface area (Å²) in [7, 11) is 0. The van der Waals surface area contributed by atoms with Crippen LogP contribution in [0.3, 0.4) is 0 Å². The number of phenols is 1. The van der Waals surface area contributed by atoms with Gasteiger partial charge in [0.25, 0.3) is 0 Å². The standard InChI is InChI=1S/C33H30F4N6O2/c1-2-23-26(36)5-4-19-12-22(44)13-24(27(19)23)29-28(37)30-25(15-39-29)31(42-11-9-38-21(17-42)6-8-34)41-32(40-30)45-18-33-7-3-10-43(33)16-20(35)14-33/h1,4-6,8,12-13,15,20-21,38,44H,3,7,9-11,14,16-18H2/b8-6+/t20-,21?,33+/m1/s1. The molecule has 5 heterocycles. The van der Waals surface area contributed by atoms with Gasteiger partial charge in [-0.25, -0.2) is 17.6 Å². The molecule has 0 bridgehead atoms. The molecule has 1 unspecified atom stereocenters. The Morgan fingerprint density at radius 1 is 1.20 bits per heavy atom. The molecule has 0 amide bonds. The number of rotatable bonds is 6. The lowest BCUT2D eigenvalue weighted by molar-refractivity contribution is 0.107. The van der Waals surface area contributed by atoms with E-state index in [9.17, 15) is 18.3 Å². The van der Waals surface area contributed by atoms with Gasteiger partial charge in [0.2, 0.25) is 0 Å². The van der Waals surface area contributed by atoms with Crippen LogP contribution in [0.15, 0.2) is 42.9 Å². The van der Waals surface area contributed by atoms with Crippen molar-refractivity contribution in [1.29, 1.82) is 0 Å². The van der Waals surface area contributed by atoms with Crippen molar-refractivity contribution in [3.8, 4) is 35.4 Å². The second kappa shape index (κ2) is 11.5. The number of pyridine rings is 1. The summed E-state index contributed by atoms with van der Waals surface area (Å²) < 4.78 is 65.1. The molecule has 3 aliphatic rings. The van der Waals surface area contributed by atoms with Gasteiger partial charge in [-0.2, -0.15) is 9.97 Å². The summed E-state index contributed by atoms with van der Waals surface area (Å²) in [5.74, 6) is 0.982. The summed E-state index contributed by atoms with van der Waals surface area (Å²) in [5.41, 5.74) is -0.789. The summed E-state index contributed by atoms with van der Waals surface area (Å²) in [5, 5.41) is 14.6. The van der Waals surface area contributed by atoms with Crippen LogP contribution in [0.5, 0.6) is 11.8 Å². The maximum Gasteiger partial charge on any atom is 0.319 e. The first-order valence-electron chi connectivity index (χ1n) is 14.9. The molecule has 8 nitrogen and oxygen atoms in total. The third-order valence-corrected chi connectivity index (χ3v) is 9.14. The highest BCUT2D eigenvalue weighted by molar-refractivity contribution is 6.03. The Kier molecular flexibility index (Phi) is 7.46. The Hall–Kier alpha value is -4.47. The molecule has 232 valence electrons. The van der Waals surface area contributed by atoms with Crippen molar-refractivity contribution in [3.63, 3.8) is 0 Å². The quantitative estimate of drug-likeness (QED) is 0.230. The van der Waals surface area contributed by atoms with Gasteiger partial charge < -0.3 is 20.1 Å². The number of hydrogen-bond donors (Lipinski definition) is 2. The van der Waals surface area contributed by atoms with Gasteiger partial charge in [0.15, 0.2) is 5.82 Å². The molecule has 0 spiro atoms. The van der Waals surface area contributed by atoms with E-state index < -0.39 is 23.3 Å². The maximum absolute atomic E-state index is 16.7. The third kappa shape index (κ3) is 5.10. The molecule has 0 aliphatic carbocycles. The van der Waals surface area contributed by atoms with Crippen LogP contribution in [0.2, 0.25) is 0 Å². The second-order valence-corrected chi connectivity index (χ2v) is 11.9. The molecular formula is C33H30F4N6O2. The zero-order valence-corrected chi connectivity index (χ0v) is 24.2. The van der Waals surface area contributed by atoms with E-state index in [0.29, 0.717) is 50.1 Å².